The molecule has 0 saturated heterocycles. The molecule has 0 bridgehead atoms. The number of halogens is 1. The summed E-state index contributed by atoms with van der Waals surface area (Å²) in [5.74, 6) is 0. The molecule has 0 amide bonds. The highest BCUT2D eigenvalue weighted by Gasteiger charge is 2.11. The van der Waals surface area contributed by atoms with Crippen LogP contribution in [0, 0.1) is 0 Å². The van der Waals surface area contributed by atoms with E-state index in [4.69, 9.17) is 16.6 Å². The predicted octanol–water partition coefficient (Wildman–Crippen LogP) is 5.71. The zero-order valence-corrected chi connectivity index (χ0v) is 12.0. The fourth-order valence-electron chi connectivity index (χ4n) is 2.76. The van der Waals surface area contributed by atoms with Crippen LogP contribution in [0.15, 0.2) is 72.8 Å². The lowest BCUT2D eigenvalue weighted by atomic mass is 10.00. The van der Waals surface area contributed by atoms with Crippen LogP contribution in [0.2, 0.25) is 5.02 Å². The van der Waals surface area contributed by atoms with Crippen LogP contribution in [0.25, 0.3) is 32.9 Å². The van der Waals surface area contributed by atoms with E-state index < -0.39 is 0 Å². The number of pyridine rings is 1. The molecule has 0 aliphatic carbocycles. The lowest BCUT2D eigenvalue weighted by molar-refractivity contribution is 1.43. The summed E-state index contributed by atoms with van der Waals surface area (Å²) in [4.78, 5) is 4.85. The summed E-state index contributed by atoms with van der Waals surface area (Å²) in [6.07, 6.45) is 0. The summed E-state index contributed by atoms with van der Waals surface area (Å²) in [6.45, 7) is 0. The summed E-state index contributed by atoms with van der Waals surface area (Å²) < 4.78 is 0. The van der Waals surface area contributed by atoms with Crippen molar-refractivity contribution in [3.63, 3.8) is 0 Å². The van der Waals surface area contributed by atoms with Crippen LogP contribution >= 0.6 is 11.6 Å². The van der Waals surface area contributed by atoms with Crippen molar-refractivity contribution in [3.05, 3.63) is 77.8 Å². The monoisotopic (exact) mass is 289 g/mol. The Morgan fingerprint density at radius 1 is 0.619 bits per heavy atom. The quantitative estimate of drug-likeness (QED) is 0.409. The molecule has 0 aliphatic heterocycles. The zero-order valence-electron chi connectivity index (χ0n) is 11.3. The highest BCUT2D eigenvalue weighted by atomic mass is 35.5. The molecule has 0 aliphatic rings. The van der Waals surface area contributed by atoms with Gasteiger partial charge in [0.2, 0.25) is 0 Å². The Kier molecular flexibility index (Phi) is 2.87. The Bertz CT molecular complexity index is 960. The predicted molar refractivity (Wildman–Crippen MR) is 89.7 cm³/mol. The molecule has 1 aromatic heterocycles. The summed E-state index contributed by atoms with van der Waals surface area (Å²) in [7, 11) is 0. The van der Waals surface area contributed by atoms with E-state index in [0.29, 0.717) is 0 Å². The van der Waals surface area contributed by atoms with Crippen molar-refractivity contribution in [2.75, 3.05) is 0 Å². The molecule has 4 aromatic rings. The van der Waals surface area contributed by atoms with E-state index in [1.807, 2.05) is 48.5 Å². The number of fused-ring (bicyclic) bond motifs is 3. The van der Waals surface area contributed by atoms with Crippen molar-refractivity contribution in [1.29, 1.82) is 0 Å². The van der Waals surface area contributed by atoms with Gasteiger partial charge in [0.05, 0.1) is 11.2 Å². The molecule has 0 fully saturated rings. The van der Waals surface area contributed by atoms with Crippen molar-refractivity contribution in [1.82, 2.24) is 4.98 Å². The van der Waals surface area contributed by atoms with Gasteiger partial charge in [-0.25, -0.2) is 4.98 Å². The molecule has 0 radical (unpaired) electrons. The molecule has 0 spiro atoms. The van der Waals surface area contributed by atoms with Gasteiger partial charge >= 0.3 is 0 Å². The third-order valence-corrected chi connectivity index (χ3v) is 4.07. The normalized spacial score (nSPS) is 11.1. The van der Waals surface area contributed by atoms with Crippen molar-refractivity contribution in [2.45, 2.75) is 0 Å². The Morgan fingerprint density at radius 2 is 1.24 bits per heavy atom. The number of nitrogens with zero attached hydrogens (tertiary/aromatic N) is 1. The molecule has 2 heteroatoms. The van der Waals surface area contributed by atoms with Crippen LogP contribution < -0.4 is 0 Å². The first-order valence-electron chi connectivity index (χ1n) is 6.87. The zero-order chi connectivity index (χ0) is 14.2. The van der Waals surface area contributed by atoms with Gasteiger partial charge in [-0.3, -0.25) is 0 Å². The standard InChI is InChI=1S/C19H12ClN/c20-17-11-5-3-10-16(17)19-15-9-2-1-7-13(15)14-8-4-6-12-18(14)21-19/h1-12H. The first-order chi connectivity index (χ1) is 10.3. The number of rotatable bonds is 1. The van der Waals surface area contributed by atoms with Gasteiger partial charge in [0.1, 0.15) is 0 Å². The maximum Gasteiger partial charge on any atom is 0.0803 e. The molecule has 4 rings (SSSR count). The van der Waals surface area contributed by atoms with Gasteiger partial charge in [0.15, 0.2) is 0 Å². The molecule has 21 heavy (non-hydrogen) atoms. The van der Waals surface area contributed by atoms with Crippen LogP contribution in [0.5, 0.6) is 0 Å². The first-order valence-corrected chi connectivity index (χ1v) is 7.25. The maximum atomic E-state index is 6.37. The molecular formula is C19H12ClN. The number of hydrogen-bond donors (Lipinski definition) is 0. The van der Waals surface area contributed by atoms with E-state index in [9.17, 15) is 0 Å². The summed E-state index contributed by atoms with van der Waals surface area (Å²) in [6, 6.07) is 24.4. The summed E-state index contributed by atoms with van der Waals surface area (Å²) >= 11 is 6.37. The van der Waals surface area contributed by atoms with Crippen molar-refractivity contribution >= 4 is 33.3 Å². The summed E-state index contributed by atoms with van der Waals surface area (Å²) in [5.41, 5.74) is 2.90. The largest absolute Gasteiger partial charge is 0.247 e. The van der Waals surface area contributed by atoms with E-state index in [0.717, 1.165) is 27.2 Å². The number of para-hydroxylation sites is 1. The Balaban J connectivity index is 2.20. The van der Waals surface area contributed by atoms with Gasteiger partial charge in [-0.15, -0.1) is 0 Å². The van der Waals surface area contributed by atoms with Crippen LogP contribution in [0.1, 0.15) is 0 Å². The smallest absolute Gasteiger partial charge is 0.0803 e. The van der Waals surface area contributed by atoms with Gasteiger partial charge in [-0.05, 0) is 17.5 Å². The Labute approximate surface area is 127 Å². The van der Waals surface area contributed by atoms with Crippen molar-refractivity contribution in [3.8, 4) is 11.3 Å². The topological polar surface area (TPSA) is 12.9 Å². The van der Waals surface area contributed by atoms with E-state index in [-0.39, 0.29) is 0 Å². The fraction of sp³-hybridized carbons (Fsp3) is 0. The minimum atomic E-state index is 0.727. The average molecular weight is 290 g/mol. The second-order valence-corrected chi connectivity index (χ2v) is 5.41. The Hall–Kier alpha value is -2.38. The van der Waals surface area contributed by atoms with Gasteiger partial charge in [0.25, 0.3) is 0 Å². The van der Waals surface area contributed by atoms with Crippen molar-refractivity contribution < 1.29 is 0 Å². The lowest BCUT2D eigenvalue weighted by Crippen LogP contribution is -1.90. The highest BCUT2D eigenvalue weighted by Crippen LogP contribution is 2.35. The van der Waals surface area contributed by atoms with Gasteiger partial charge in [0, 0.05) is 21.4 Å². The summed E-state index contributed by atoms with van der Waals surface area (Å²) in [5, 5.41) is 4.23. The second-order valence-electron chi connectivity index (χ2n) is 5.00. The van der Waals surface area contributed by atoms with Crippen LogP contribution in [-0.2, 0) is 0 Å². The van der Waals surface area contributed by atoms with E-state index in [1.165, 1.54) is 10.8 Å². The van der Waals surface area contributed by atoms with Crippen LogP contribution in [-0.4, -0.2) is 4.98 Å². The molecule has 0 N–H and O–H groups in total. The van der Waals surface area contributed by atoms with E-state index in [1.54, 1.807) is 0 Å². The third kappa shape index (κ3) is 1.98. The molecule has 1 nitrogen and oxygen atoms in total. The minimum Gasteiger partial charge on any atom is -0.247 e. The average Bonchev–Trinajstić information content (AvgIpc) is 2.55. The van der Waals surface area contributed by atoms with Crippen LogP contribution in [0.3, 0.4) is 0 Å². The molecule has 0 unspecified atom stereocenters. The number of aromatic nitrogens is 1. The molecule has 100 valence electrons. The van der Waals surface area contributed by atoms with E-state index >= 15 is 0 Å². The van der Waals surface area contributed by atoms with Crippen molar-refractivity contribution in [2.24, 2.45) is 0 Å². The number of benzene rings is 3. The van der Waals surface area contributed by atoms with E-state index in [2.05, 4.69) is 24.3 Å². The van der Waals surface area contributed by atoms with Gasteiger partial charge in [-0.2, -0.15) is 0 Å². The number of hydrogen-bond acceptors (Lipinski definition) is 1. The molecule has 0 saturated carbocycles. The SMILES string of the molecule is Clc1ccccc1-c1nc2ccccc2c2ccccc12. The van der Waals surface area contributed by atoms with Gasteiger partial charge in [-0.1, -0.05) is 72.3 Å². The first kappa shape index (κ1) is 12.4. The maximum absolute atomic E-state index is 6.37. The molecule has 1 heterocycles. The third-order valence-electron chi connectivity index (χ3n) is 3.74. The minimum absolute atomic E-state index is 0.727. The molecule has 0 atom stereocenters. The molecular weight excluding hydrogens is 278 g/mol. The highest BCUT2D eigenvalue weighted by molar-refractivity contribution is 6.33. The van der Waals surface area contributed by atoms with Gasteiger partial charge < -0.3 is 0 Å². The fourth-order valence-corrected chi connectivity index (χ4v) is 2.99. The second kappa shape index (κ2) is 4.87. The van der Waals surface area contributed by atoms with Crippen LogP contribution in [0.4, 0.5) is 0 Å². The lowest BCUT2D eigenvalue weighted by Gasteiger charge is -2.10. The Morgan fingerprint density at radius 3 is 2.05 bits per heavy atom. The molecule has 3 aromatic carbocycles.